The molecule has 0 radical (unpaired) electrons. The van der Waals surface area contributed by atoms with Gasteiger partial charge in [-0.1, -0.05) is 30.3 Å². The second-order valence-electron chi connectivity index (χ2n) is 8.40. The molecular weight excluding hydrogens is 432 g/mol. The number of nitrogens with one attached hydrogen (secondary N) is 1. The van der Waals surface area contributed by atoms with Crippen LogP contribution in [-0.2, 0) is 0 Å². The maximum atomic E-state index is 13.5. The molecule has 172 valence electrons. The van der Waals surface area contributed by atoms with Crippen LogP contribution in [0, 0.1) is 10.1 Å². The van der Waals surface area contributed by atoms with Gasteiger partial charge in [-0.3, -0.25) is 14.9 Å². The summed E-state index contributed by atoms with van der Waals surface area (Å²) in [6.07, 6.45) is 0. The highest BCUT2D eigenvalue weighted by Gasteiger charge is 2.27. The van der Waals surface area contributed by atoms with Crippen LogP contribution in [0.3, 0.4) is 0 Å². The number of likely N-dealkylation sites (N-methyl/N-ethyl adjacent to an activating group) is 1. The zero-order valence-corrected chi connectivity index (χ0v) is 18.7. The van der Waals surface area contributed by atoms with Crippen LogP contribution in [0.4, 0.5) is 5.69 Å². The maximum Gasteiger partial charge on any atom is 0.271 e. The van der Waals surface area contributed by atoms with Crippen LogP contribution in [-0.4, -0.2) is 58.8 Å². The lowest BCUT2D eigenvalue weighted by Gasteiger charge is -2.32. The predicted molar refractivity (Wildman–Crippen MR) is 130 cm³/mol. The highest BCUT2D eigenvalue weighted by atomic mass is 16.6. The number of amides is 1. The molecule has 1 amide bonds. The first-order chi connectivity index (χ1) is 16.5. The minimum Gasteiger partial charge on any atom is -0.457 e. The van der Waals surface area contributed by atoms with Gasteiger partial charge in [-0.25, -0.2) is 0 Å². The number of nitro groups is 1. The first kappa shape index (κ1) is 21.7. The molecule has 1 saturated heterocycles. The number of carbonyl (C=O) groups excluding carboxylic acids is 1. The van der Waals surface area contributed by atoms with E-state index in [1.807, 2.05) is 66.5 Å². The summed E-state index contributed by atoms with van der Waals surface area (Å²) in [5.74, 6) is 1.28. The van der Waals surface area contributed by atoms with Crippen molar-refractivity contribution in [1.29, 1.82) is 0 Å². The Morgan fingerprint density at radius 3 is 2.29 bits per heavy atom. The first-order valence-corrected chi connectivity index (χ1v) is 11.1. The number of rotatable bonds is 5. The van der Waals surface area contributed by atoms with Crippen LogP contribution in [0.25, 0.3) is 22.0 Å². The van der Waals surface area contributed by atoms with E-state index in [2.05, 4.69) is 9.88 Å². The Hall–Kier alpha value is -4.17. The highest BCUT2D eigenvalue weighted by molar-refractivity contribution is 6.10. The minimum atomic E-state index is -0.422. The molecule has 0 atom stereocenters. The molecule has 1 aliphatic heterocycles. The molecule has 5 rings (SSSR count). The number of ether oxygens (including phenoxy) is 1. The van der Waals surface area contributed by atoms with Gasteiger partial charge in [0.25, 0.3) is 11.6 Å². The Bertz CT molecular complexity index is 1340. The first-order valence-electron chi connectivity index (χ1n) is 11.1. The van der Waals surface area contributed by atoms with Gasteiger partial charge in [0.05, 0.1) is 4.92 Å². The summed E-state index contributed by atoms with van der Waals surface area (Å²) in [5, 5.41) is 12.1. The molecule has 4 aromatic rings. The zero-order chi connectivity index (χ0) is 23.7. The normalized spacial score (nSPS) is 14.3. The minimum absolute atomic E-state index is 0.0182. The van der Waals surface area contributed by atoms with E-state index in [0.717, 1.165) is 24.4 Å². The van der Waals surface area contributed by atoms with Crippen molar-refractivity contribution in [3.05, 3.63) is 88.6 Å². The molecule has 1 fully saturated rings. The van der Waals surface area contributed by atoms with Crippen molar-refractivity contribution in [2.45, 2.75) is 0 Å². The zero-order valence-electron chi connectivity index (χ0n) is 18.7. The Balaban J connectivity index is 1.56. The van der Waals surface area contributed by atoms with Crippen molar-refractivity contribution >= 4 is 22.5 Å². The fourth-order valence-corrected chi connectivity index (χ4v) is 4.24. The number of benzene rings is 3. The number of nitro benzene ring substituents is 1. The molecule has 0 saturated carbocycles. The third-order valence-corrected chi connectivity index (χ3v) is 6.12. The number of hydrogen-bond donors (Lipinski definition) is 1. The van der Waals surface area contributed by atoms with Crippen LogP contribution >= 0.6 is 0 Å². The van der Waals surface area contributed by atoms with E-state index in [4.69, 9.17) is 4.74 Å². The molecular formula is C26H24N4O4. The summed E-state index contributed by atoms with van der Waals surface area (Å²) in [4.78, 5) is 31.8. The number of aromatic amines is 1. The van der Waals surface area contributed by atoms with Gasteiger partial charge in [0.1, 0.15) is 17.2 Å². The number of nitrogens with zero attached hydrogens (tertiary/aromatic N) is 3. The number of non-ortho nitro benzene ring substituents is 1. The van der Waals surface area contributed by atoms with Crippen molar-refractivity contribution in [2.24, 2.45) is 0 Å². The average molecular weight is 457 g/mol. The molecule has 0 unspecified atom stereocenters. The van der Waals surface area contributed by atoms with E-state index in [0.29, 0.717) is 41.0 Å². The molecule has 8 nitrogen and oxygen atoms in total. The topological polar surface area (TPSA) is 91.7 Å². The standard InChI is InChI=1S/C26H24N4O4/c1-28-13-15-29(16-14-28)26(31)25-24(22-17-19(30(32)33)9-12-23(22)27-25)18-7-10-21(11-8-18)34-20-5-3-2-4-6-20/h2-12,17,27H,13-16H2,1H3. The van der Waals surface area contributed by atoms with Crippen LogP contribution in [0.1, 0.15) is 10.5 Å². The van der Waals surface area contributed by atoms with E-state index in [1.54, 1.807) is 6.07 Å². The smallest absolute Gasteiger partial charge is 0.271 e. The van der Waals surface area contributed by atoms with Gasteiger partial charge in [0.15, 0.2) is 0 Å². The third kappa shape index (κ3) is 4.23. The van der Waals surface area contributed by atoms with Crippen LogP contribution in [0.2, 0.25) is 0 Å². The molecule has 1 aromatic heterocycles. The van der Waals surface area contributed by atoms with Crippen molar-refractivity contribution in [2.75, 3.05) is 33.2 Å². The van der Waals surface area contributed by atoms with E-state index in [-0.39, 0.29) is 11.6 Å². The molecule has 1 aliphatic rings. The summed E-state index contributed by atoms with van der Waals surface area (Å²) in [6, 6.07) is 21.5. The molecule has 2 heterocycles. The number of para-hydroxylation sites is 1. The monoisotopic (exact) mass is 456 g/mol. The van der Waals surface area contributed by atoms with Gasteiger partial charge >= 0.3 is 0 Å². The number of piperazine rings is 1. The quantitative estimate of drug-likeness (QED) is 0.340. The lowest BCUT2D eigenvalue weighted by molar-refractivity contribution is -0.384. The van der Waals surface area contributed by atoms with Crippen molar-refractivity contribution < 1.29 is 14.5 Å². The van der Waals surface area contributed by atoms with Crippen molar-refractivity contribution in [3.63, 3.8) is 0 Å². The Kier molecular flexibility index (Phi) is 5.73. The van der Waals surface area contributed by atoms with Crippen LogP contribution in [0.15, 0.2) is 72.8 Å². The van der Waals surface area contributed by atoms with Crippen molar-refractivity contribution in [1.82, 2.24) is 14.8 Å². The molecule has 0 bridgehead atoms. The lowest BCUT2D eigenvalue weighted by atomic mass is 10.0. The fourth-order valence-electron chi connectivity index (χ4n) is 4.24. The summed E-state index contributed by atoms with van der Waals surface area (Å²) >= 11 is 0. The summed E-state index contributed by atoms with van der Waals surface area (Å²) < 4.78 is 5.89. The summed E-state index contributed by atoms with van der Waals surface area (Å²) in [6.45, 7) is 2.87. The van der Waals surface area contributed by atoms with E-state index < -0.39 is 4.92 Å². The van der Waals surface area contributed by atoms with Crippen LogP contribution in [0.5, 0.6) is 11.5 Å². The molecule has 1 N–H and O–H groups in total. The number of fused-ring (bicyclic) bond motifs is 1. The molecule has 3 aromatic carbocycles. The van der Waals surface area contributed by atoms with Gasteiger partial charge in [-0.05, 0) is 42.9 Å². The van der Waals surface area contributed by atoms with Gasteiger partial charge in [-0.15, -0.1) is 0 Å². The van der Waals surface area contributed by atoms with Gasteiger partial charge in [0, 0.05) is 54.8 Å². The van der Waals surface area contributed by atoms with E-state index in [1.165, 1.54) is 12.1 Å². The molecule has 0 aliphatic carbocycles. The molecule has 34 heavy (non-hydrogen) atoms. The Labute approximate surface area is 196 Å². The van der Waals surface area contributed by atoms with E-state index >= 15 is 0 Å². The lowest BCUT2D eigenvalue weighted by Crippen LogP contribution is -2.47. The SMILES string of the molecule is CN1CCN(C(=O)c2[nH]c3ccc([N+](=O)[O-])cc3c2-c2ccc(Oc3ccccc3)cc2)CC1. The number of H-pyrrole nitrogens is 1. The van der Waals surface area contributed by atoms with Gasteiger partial charge in [0.2, 0.25) is 0 Å². The third-order valence-electron chi connectivity index (χ3n) is 6.12. The molecule has 8 heteroatoms. The summed E-state index contributed by atoms with van der Waals surface area (Å²) in [7, 11) is 2.04. The number of carbonyl (C=O) groups is 1. The van der Waals surface area contributed by atoms with Gasteiger partial charge < -0.3 is 19.5 Å². The predicted octanol–water partition coefficient (Wildman–Crippen LogP) is 4.92. The highest BCUT2D eigenvalue weighted by Crippen LogP contribution is 2.36. The maximum absolute atomic E-state index is 13.5. The largest absolute Gasteiger partial charge is 0.457 e. The second kappa shape index (κ2) is 8.99. The fraction of sp³-hybridized carbons (Fsp3) is 0.192. The average Bonchev–Trinajstić information content (AvgIpc) is 3.24. The van der Waals surface area contributed by atoms with Crippen LogP contribution < -0.4 is 4.74 Å². The Morgan fingerprint density at radius 2 is 1.62 bits per heavy atom. The molecule has 0 spiro atoms. The second-order valence-corrected chi connectivity index (χ2v) is 8.40. The number of hydrogen-bond acceptors (Lipinski definition) is 5. The van der Waals surface area contributed by atoms with Crippen molar-refractivity contribution in [3.8, 4) is 22.6 Å². The summed E-state index contributed by atoms with van der Waals surface area (Å²) in [5.41, 5.74) is 2.55. The Morgan fingerprint density at radius 1 is 0.941 bits per heavy atom. The van der Waals surface area contributed by atoms with Gasteiger partial charge in [-0.2, -0.15) is 0 Å². The van der Waals surface area contributed by atoms with E-state index in [9.17, 15) is 14.9 Å². The number of aromatic nitrogens is 1.